The molecule has 1 heterocycles. The van der Waals surface area contributed by atoms with E-state index in [4.69, 9.17) is 4.74 Å². The first-order chi connectivity index (χ1) is 7.82. The van der Waals surface area contributed by atoms with Crippen LogP contribution in [0.4, 0.5) is 4.79 Å². The van der Waals surface area contributed by atoms with E-state index in [1.807, 2.05) is 20.8 Å². The number of ether oxygens (including phenoxy) is 1. The fourth-order valence-electron chi connectivity index (χ4n) is 2.24. The van der Waals surface area contributed by atoms with Crippen molar-refractivity contribution in [1.29, 1.82) is 0 Å². The molecule has 0 aromatic rings. The highest BCUT2D eigenvalue weighted by atomic mass is 16.6. The summed E-state index contributed by atoms with van der Waals surface area (Å²) in [4.78, 5) is 24.7. The van der Waals surface area contributed by atoms with Gasteiger partial charge in [-0.05, 0) is 33.6 Å². The molecule has 1 saturated heterocycles. The number of nitrogens with zero attached hydrogens (tertiary/aromatic N) is 1. The Hall–Kier alpha value is -1.06. The van der Waals surface area contributed by atoms with Crippen molar-refractivity contribution in [3.63, 3.8) is 0 Å². The second-order valence-electron chi connectivity index (χ2n) is 5.88. The van der Waals surface area contributed by atoms with Crippen molar-refractivity contribution < 1.29 is 14.3 Å². The van der Waals surface area contributed by atoms with Crippen molar-refractivity contribution in [2.45, 2.75) is 52.6 Å². The minimum absolute atomic E-state index is 0.308. The Labute approximate surface area is 103 Å². The molecule has 0 spiro atoms. The average molecular weight is 241 g/mol. The Kier molecular flexibility index (Phi) is 4.17. The highest BCUT2D eigenvalue weighted by molar-refractivity contribution is 5.71. The maximum absolute atomic E-state index is 11.9. The second-order valence-corrected chi connectivity index (χ2v) is 5.88. The summed E-state index contributed by atoms with van der Waals surface area (Å²) in [6.45, 7) is 8.72. The van der Waals surface area contributed by atoms with Crippen LogP contribution < -0.4 is 0 Å². The van der Waals surface area contributed by atoms with E-state index in [-0.39, 0.29) is 11.5 Å². The molecular weight excluding hydrogens is 218 g/mol. The van der Waals surface area contributed by atoms with Crippen LogP contribution in [0.25, 0.3) is 0 Å². The summed E-state index contributed by atoms with van der Waals surface area (Å²) in [6, 6.07) is 0. The largest absolute Gasteiger partial charge is 0.444 e. The fourth-order valence-corrected chi connectivity index (χ4v) is 2.24. The third-order valence-electron chi connectivity index (χ3n) is 3.03. The molecule has 1 atom stereocenters. The van der Waals surface area contributed by atoms with Gasteiger partial charge in [-0.15, -0.1) is 0 Å². The molecule has 0 aromatic carbocycles. The van der Waals surface area contributed by atoms with Gasteiger partial charge in [0.05, 0.1) is 0 Å². The number of hydrogen-bond acceptors (Lipinski definition) is 3. The Bertz CT molecular complexity index is 296. The summed E-state index contributed by atoms with van der Waals surface area (Å²) in [7, 11) is 0. The molecule has 1 amide bonds. The molecule has 98 valence electrons. The zero-order valence-corrected chi connectivity index (χ0v) is 11.3. The number of likely N-dealkylation sites (tertiary alicyclic amines) is 1. The summed E-state index contributed by atoms with van der Waals surface area (Å²) < 4.78 is 5.31. The van der Waals surface area contributed by atoms with E-state index in [0.717, 1.165) is 25.5 Å². The van der Waals surface area contributed by atoms with Crippen LogP contribution in [0.2, 0.25) is 0 Å². The standard InChI is InChI=1S/C13H23NO3/c1-5-6-13(10-15)7-8-14(9-13)11(16)17-12(2,3)4/h10H,5-9H2,1-4H3. The summed E-state index contributed by atoms with van der Waals surface area (Å²) in [5.41, 5.74) is -0.820. The lowest BCUT2D eigenvalue weighted by Gasteiger charge is -2.26. The Morgan fingerprint density at radius 2 is 2.12 bits per heavy atom. The normalized spacial score (nSPS) is 24.8. The zero-order valence-electron chi connectivity index (χ0n) is 11.3. The van der Waals surface area contributed by atoms with E-state index in [1.165, 1.54) is 0 Å². The van der Waals surface area contributed by atoms with Gasteiger partial charge in [-0.3, -0.25) is 0 Å². The smallest absolute Gasteiger partial charge is 0.410 e. The minimum atomic E-state index is -0.478. The SMILES string of the molecule is CCCC1(C=O)CCN(C(=O)OC(C)(C)C)C1. The predicted molar refractivity (Wildman–Crippen MR) is 65.8 cm³/mol. The monoisotopic (exact) mass is 241 g/mol. The first kappa shape index (κ1) is 14.0. The third kappa shape index (κ3) is 3.72. The molecule has 0 aromatic heterocycles. The van der Waals surface area contributed by atoms with Crippen molar-refractivity contribution in [3.8, 4) is 0 Å². The molecule has 0 bridgehead atoms. The van der Waals surface area contributed by atoms with Crippen LogP contribution in [-0.2, 0) is 9.53 Å². The van der Waals surface area contributed by atoms with Gasteiger partial charge in [-0.1, -0.05) is 13.3 Å². The van der Waals surface area contributed by atoms with Crippen LogP contribution in [0.1, 0.15) is 47.0 Å². The highest BCUT2D eigenvalue weighted by Crippen LogP contribution is 2.33. The molecule has 0 N–H and O–H groups in total. The van der Waals surface area contributed by atoms with Crippen molar-refractivity contribution in [1.82, 2.24) is 4.90 Å². The summed E-state index contributed by atoms with van der Waals surface area (Å²) >= 11 is 0. The number of amides is 1. The van der Waals surface area contributed by atoms with E-state index < -0.39 is 5.60 Å². The van der Waals surface area contributed by atoms with E-state index in [1.54, 1.807) is 4.90 Å². The Balaban J connectivity index is 2.60. The van der Waals surface area contributed by atoms with Crippen LogP contribution in [0.5, 0.6) is 0 Å². The van der Waals surface area contributed by atoms with Crippen LogP contribution >= 0.6 is 0 Å². The van der Waals surface area contributed by atoms with Crippen LogP contribution in [0.15, 0.2) is 0 Å². The van der Waals surface area contributed by atoms with E-state index in [0.29, 0.717) is 13.1 Å². The lowest BCUT2D eigenvalue weighted by molar-refractivity contribution is -0.116. The van der Waals surface area contributed by atoms with Gasteiger partial charge in [-0.25, -0.2) is 4.79 Å². The van der Waals surface area contributed by atoms with Crippen LogP contribution in [0.3, 0.4) is 0 Å². The predicted octanol–water partition coefficient (Wildman–Crippen LogP) is 2.61. The number of aldehydes is 1. The lowest BCUT2D eigenvalue weighted by atomic mass is 9.84. The molecule has 1 fully saturated rings. The van der Waals surface area contributed by atoms with Gasteiger partial charge < -0.3 is 14.4 Å². The number of carbonyl (C=O) groups excluding carboxylic acids is 2. The molecule has 0 radical (unpaired) electrons. The molecule has 4 nitrogen and oxygen atoms in total. The Morgan fingerprint density at radius 3 is 2.59 bits per heavy atom. The van der Waals surface area contributed by atoms with Crippen molar-refractivity contribution in [3.05, 3.63) is 0 Å². The maximum atomic E-state index is 11.9. The van der Waals surface area contributed by atoms with Gasteiger partial charge >= 0.3 is 6.09 Å². The van der Waals surface area contributed by atoms with Crippen LogP contribution in [0, 0.1) is 5.41 Å². The lowest BCUT2D eigenvalue weighted by Crippen LogP contribution is -2.37. The van der Waals surface area contributed by atoms with Gasteiger partial charge in [0, 0.05) is 18.5 Å². The molecule has 0 saturated carbocycles. The van der Waals surface area contributed by atoms with Crippen molar-refractivity contribution in [2.24, 2.45) is 5.41 Å². The van der Waals surface area contributed by atoms with Crippen LogP contribution in [-0.4, -0.2) is 36.0 Å². The van der Waals surface area contributed by atoms with Gasteiger partial charge in [0.1, 0.15) is 11.9 Å². The van der Waals surface area contributed by atoms with E-state index in [2.05, 4.69) is 6.92 Å². The minimum Gasteiger partial charge on any atom is -0.444 e. The number of hydrogen-bond donors (Lipinski definition) is 0. The van der Waals surface area contributed by atoms with Gasteiger partial charge in [0.15, 0.2) is 0 Å². The maximum Gasteiger partial charge on any atom is 0.410 e. The quantitative estimate of drug-likeness (QED) is 0.713. The Morgan fingerprint density at radius 1 is 1.47 bits per heavy atom. The van der Waals surface area contributed by atoms with Crippen molar-refractivity contribution >= 4 is 12.4 Å². The summed E-state index contributed by atoms with van der Waals surface area (Å²) in [5.74, 6) is 0. The topological polar surface area (TPSA) is 46.6 Å². The number of rotatable bonds is 3. The third-order valence-corrected chi connectivity index (χ3v) is 3.03. The first-order valence-corrected chi connectivity index (χ1v) is 6.26. The van der Waals surface area contributed by atoms with Crippen molar-refractivity contribution in [2.75, 3.05) is 13.1 Å². The molecule has 0 aliphatic carbocycles. The molecule has 1 rings (SSSR count). The molecule has 1 unspecified atom stereocenters. The first-order valence-electron chi connectivity index (χ1n) is 6.26. The average Bonchev–Trinajstić information content (AvgIpc) is 2.61. The van der Waals surface area contributed by atoms with E-state index in [9.17, 15) is 9.59 Å². The summed E-state index contributed by atoms with van der Waals surface area (Å²) in [6.07, 6.45) is 3.26. The molecular formula is C13H23NO3. The highest BCUT2D eigenvalue weighted by Gasteiger charge is 2.40. The van der Waals surface area contributed by atoms with Gasteiger partial charge in [0.25, 0.3) is 0 Å². The van der Waals surface area contributed by atoms with E-state index >= 15 is 0 Å². The van der Waals surface area contributed by atoms with Gasteiger partial charge in [0.2, 0.25) is 0 Å². The fraction of sp³-hybridized carbons (Fsp3) is 0.846. The molecule has 17 heavy (non-hydrogen) atoms. The molecule has 4 heteroatoms. The van der Waals surface area contributed by atoms with Gasteiger partial charge in [-0.2, -0.15) is 0 Å². The molecule has 1 aliphatic rings. The molecule has 1 aliphatic heterocycles. The second kappa shape index (κ2) is 5.07. The summed E-state index contributed by atoms with van der Waals surface area (Å²) in [5, 5.41) is 0. The number of carbonyl (C=O) groups is 2. The zero-order chi connectivity index (χ0) is 13.1.